The molecule has 5 heteroatoms. The van der Waals surface area contributed by atoms with Gasteiger partial charge in [-0.05, 0) is 60.1 Å². The smallest absolute Gasteiger partial charge is 0.253 e. The second-order valence-electron chi connectivity index (χ2n) is 5.37. The van der Waals surface area contributed by atoms with Crippen molar-refractivity contribution in [3.05, 3.63) is 34.1 Å². The van der Waals surface area contributed by atoms with Crippen LogP contribution in [0.3, 0.4) is 0 Å². The number of nitrogens with zero attached hydrogens (tertiary/aromatic N) is 2. The topological polar surface area (TPSA) is 23.6 Å². The van der Waals surface area contributed by atoms with Crippen LogP contribution in [-0.2, 0) is 0 Å². The third-order valence-corrected chi connectivity index (χ3v) is 4.85. The monoisotopic (exact) mass is 356 g/mol. The van der Waals surface area contributed by atoms with E-state index < -0.39 is 0 Å². The molecule has 0 N–H and O–H groups in total. The Hall–Kier alpha value is -0.940. The predicted octanol–water partition coefficient (Wildman–Crippen LogP) is 3.53. The van der Waals surface area contributed by atoms with Crippen molar-refractivity contribution in [3.8, 4) is 0 Å². The highest BCUT2D eigenvalue weighted by atomic mass is 79.9. The fourth-order valence-corrected chi connectivity index (χ4v) is 3.36. The molecule has 0 radical (unpaired) electrons. The summed E-state index contributed by atoms with van der Waals surface area (Å²) in [7, 11) is 0. The van der Waals surface area contributed by atoms with Gasteiger partial charge < -0.3 is 9.80 Å². The third-order valence-electron chi connectivity index (χ3n) is 4.25. The number of halogens is 2. The molecule has 0 unspecified atom stereocenters. The van der Waals surface area contributed by atoms with Crippen molar-refractivity contribution < 1.29 is 9.18 Å². The maximum atomic E-state index is 13.2. The first-order valence-corrected chi connectivity index (χ1v) is 8.34. The highest BCUT2D eigenvalue weighted by Gasteiger charge is 2.26. The van der Waals surface area contributed by atoms with Crippen molar-refractivity contribution in [1.29, 1.82) is 0 Å². The summed E-state index contributed by atoms with van der Waals surface area (Å²) in [5.74, 6) is -0.347. The van der Waals surface area contributed by atoms with Gasteiger partial charge in [-0.2, -0.15) is 0 Å². The minimum Gasteiger partial charge on any atom is -0.339 e. The first kappa shape index (κ1) is 16.4. The van der Waals surface area contributed by atoms with Gasteiger partial charge in [-0.15, -0.1) is 0 Å². The van der Waals surface area contributed by atoms with Gasteiger partial charge in [0.25, 0.3) is 5.91 Å². The Labute approximate surface area is 134 Å². The number of benzene rings is 1. The van der Waals surface area contributed by atoms with E-state index in [1.54, 1.807) is 12.1 Å². The Balaban J connectivity index is 1.98. The molecule has 0 aromatic heterocycles. The molecule has 0 saturated carbocycles. The first-order chi connectivity index (χ1) is 10.1. The van der Waals surface area contributed by atoms with Crippen LogP contribution < -0.4 is 0 Å². The van der Waals surface area contributed by atoms with Crippen LogP contribution in [0.15, 0.2) is 22.7 Å². The van der Waals surface area contributed by atoms with Crippen LogP contribution in [0.25, 0.3) is 0 Å². The molecule has 1 fully saturated rings. The second kappa shape index (κ2) is 7.36. The average Bonchev–Trinajstić information content (AvgIpc) is 2.51. The van der Waals surface area contributed by atoms with Crippen molar-refractivity contribution in [2.75, 3.05) is 26.2 Å². The lowest BCUT2D eigenvalue weighted by atomic mass is 10.0. The fraction of sp³-hybridized carbons (Fsp3) is 0.562. The number of rotatable bonds is 4. The number of piperidine rings is 1. The molecule has 0 bridgehead atoms. The van der Waals surface area contributed by atoms with Gasteiger partial charge in [0.15, 0.2) is 0 Å². The van der Waals surface area contributed by atoms with Crippen LogP contribution in [-0.4, -0.2) is 47.9 Å². The largest absolute Gasteiger partial charge is 0.339 e. The number of carbonyl (C=O) groups excluding carboxylic acids is 1. The van der Waals surface area contributed by atoms with Gasteiger partial charge in [-0.25, -0.2) is 4.39 Å². The molecular weight excluding hydrogens is 335 g/mol. The van der Waals surface area contributed by atoms with Crippen molar-refractivity contribution in [1.82, 2.24) is 9.80 Å². The minimum absolute atomic E-state index is 0.00584. The molecule has 116 valence electrons. The molecule has 0 aliphatic carbocycles. The van der Waals surface area contributed by atoms with Crippen LogP contribution in [0.5, 0.6) is 0 Å². The zero-order valence-electron chi connectivity index (χ0n) is 12.6. The lowest BCUT2D eigenvalue weighted by molar-refractivity contribution is 0.0631. The van der Waals surface area contributed by atoms with E-state index in [2.05, 4.69) is 34.7 Å². The van der Waals surface area contributed by atoms with E-state index >= 15 is 0 Å². The summed E-state index contributed by atoms with van der Waals surface area (Å²) in [4.78, 5) is 16.8. The SMILES string of the molecule is CCN(CC)C1CCN(C(=O)c2ccc(F)c(Br)c2)CC1. The number of likely N-dealkylation sites (tertiary alicyclic amines) is 1. The summed E-state index contributed by atoms with van der Waals surface area (Å²) in [6.45, 7) is 8.01. The highest BCUT2D eigenvalue weighted by molar-refractivity contribution is 9.10. The number of hydrogen-bond acceptors (Lipinski definition) is 2. The molecule has 1 aliphatic rings. The van der Waals surface area contributed by atoms with Crippen molar-refractivity contribution in [2.45, 2.75) is 32.7 Å². The molecule has 21 heavy (non-hydrogen) atoms. The molecular formula is C16H22BrFN2O. The molecule has 3 nitrogen and oxygen atoms in total. The van der Waals surface area contributed by atoms with E-state index in [-0.39, 0.29) is 11.7 Å². The van der Waals surface area contributed by atoms with E-state index in [1.807, 2.05) is 4.90 Å². The van der Waals surface area contributed by atoms with Gasteiger partial charge in [0.2, 0.25) is 0 Å². The normalized spacial score (nSPS) is 16.5. The van der Waals surface area contributed by atoms with Crippen molar-refractivity contribution in [2.24, 2.45) is 0 Å². The summed E-state index contributed by atoms with van der Waals surface area (Å²) < 4.78 is 13.6. The Kier molecular flexibility index (Phi) is 5.76. The number of amides is 1. The van der Waals surface area contributed by atoms with Crippen molar-refractivity contribution in [3.63, 3.8) is 0 Å². The summed E-state index contributed by atoms with van der Waals surface area (Å²) >= 11 is 3.13. The maximum Gasteiger partial charge on any atom is 0.253 e. The number of hydrogen-bond donors (Lipinski definition) is 0. The standard InChI is InChI=1S/C16H22BrFN2O/c1-3-19(4-2)13-7-9-20(10-8-13)16(21)12-5-6-15(18)14(17)11-12/h5-6,11,13H,3-4,7-10H2,1-2H3. The average molecular weight is 357 g/mol. The van der Waals surface area contributed by atoms with Crippen LogP contribution >= 0.6 is 15.9 Å². The van der Waals surface area contributed by atoms with E-state index in [0.717, 1.165) is 39.0 Å². The second-order valence-corrected chi connectivity index (χ2v) is 6.23. The summed E-state index contributed by atoms with van der Waals surface area (Å²) in [6, 6.07) is 5.02. The Morgan fingerprint density at radius 2 is 1.95 bits per heavy atom. The predicted molar refractivity (Wildman–Crippen MR) is 85.9 cm³/mol. The molecule has 1 aromatic rings. The Morgan fingerprint density at radius 1 is 1.33 bits per heavy atom. The highest BCUT2D eigenvalue weighted by Crippen LogP contribution is 2.21. The Morgan fingerprint density at radius 3 is 2.48 bits per heavy atom. The van der Waals surface area contributed by atoms with Crippen LogP contribution in [0.4, 0.5) is 4.39 Å². The van der Waals surface area contributed by atoms with Gasteiger partial charge >= 0.3 is 0 Å². The zero-order chi connectivity index (χ0) is 15.4. The van der Waals surface area contributed by atoms with Crippen LogP contribution in [0, 0.1) is 5.82 Å². The lowest BCUT2D eigenvalue weighted by Crippen LogP contribution is -2.46. The van der Waals surface area contributed by atoms with Crippen LogP contribution in [0.2, 0.25) is 0 Å². The summed E-state index contributed by atoms with van der Waals surface area (Å²) in [6.07, 6.45) is 2.02. The Bertz CT molecular complexity index is 497. The quantitative estimate of drug-likeness (QED) is 0.823. The minimum atomic E-state index is -0.341. The summed E-state index contributed by atoms with van der Waals surface area (Å²) in [5, 5.41) is 0. The molecule has 1 heterocycles. The van der Waals surface area contributed by atoms with E-state index in [0.29, 0.717) is 16.1 Å². The van der Waals surface area contributed by atoms with Gasteiger partial charge in [0.1, 0.15) is 5.82 Å². The molecule has 1 amide bonds. The maximum absolute atomic E-state index is 13.2. The first-order valence-electron chi connectivity index (χ1n) is 7.55. The molecule has 0 atom stereocenters. The van der Waals surface area contributed by atoms with Gasteiger partial charge in [0.05, 0.1) is 4.47 Å². The number of carbonyl (C=O) groups is 1. The van der Waals surface area contributed by atoms with Crippen LogP contribution in [0.1, 0.15) is 37.0 Å². The molecule has 1 saturated heterocycles. The van der Waals surface area contributed by atoms with Gasteiger partial charge in [-0.3, -0.25) is 4.79 Å². The third kappa shape index (κ3) is 3.83. The van der Waals surface area contributed by atoms with E-state index in [1.165, 1.54) is 6.07 Å². The van der Waals surface area contributed by atoms with Gasteiger partial charge in [-0.1, -0.05) is 13.8 Å². The molecule has 1 aromatic carbocycles. The van der Waals surface area contributed by atoms with Gasteiger partial charge in [0, 0.05) is 24.7 Å². The summed E-state index contributed by atoms with van der Waals surface area (Å²) in [5.41, 5.74) is 0.546. The van der Waals surface area contributed by atoms with E-state index in [9.17, 15) is 9.18 Å². The molecule has 2 rings (SSSR count). The van der Waals surface area contributed by atoms with Crippen molar-refractivity contribution >= 4 is 21.8 Å². The fourth-order valence-electron chi connectivity index (χ4n) is 2.99. The molecule has 0 spiro atoms. The zero-order valence-corrected chi connectivity index (χ0v) is 14.2. The lowest BCUT2D eigenvalue weighted by Gasteiger charge is -2.37. The van der Waals surface area contributed by atoms with E-state index in [4.69, 9.17) is 0 Å². The molecule has 1 aliphatic heterocycles.